The van der Waals surface area contributed by atoms with E-state index < -0.39 is 0 Å². The van der Waals surface area contributed by atoms with Gasteiger partial charge in [-0.3, -0.25) is 4.79 Å². The highest BCUT2D eigenvalue weighted by molar-refractivity contribution is 5.85. The lowest BCUT2D eigenvalue weighted by atomic mass is 9.92. The second-order valence-corrected chi connectivity index (χ2v) is 6.91. The summed E-state index contributed by atoms with van der Waals surface area (Å²) in [7, 11) is 0. The van der Waals surface area contributed by atoms with Crippen LogP contribution in [0.25, 0.3) is 0 Å². The second kappa shape index (κ2) is 7.62. The Morgan fingerprint density at radius 2 is 2.17 bits per heavy atom. The van der Waals surface area contributed by atoms with E-state index in [4.69, 9.17) is 4.52 Å². The Hall–Kier alpha value is -1.14. The number of likely N-dealkylation sites (tertiary alicyclic amines) is 1. The van der Waals surface area contributed by atoms with E-state index in [0.717, 1.165) is 38.8 Å². The first-order valence-corrected chi connectivity index (χ1v) is 8.43. The summed E-state index contributed by atoms with van der Waals surface area (Å²) in [4.78, 5) is 19.4. The zero-order chi connectivity index (χ0) is 15.7. The van der Waals surface area contributed by atoms with Gasteiger partial charge in [0.15, 0.2) is 5.82 Å². The monoisotopic (exact) mass is 342 g/mol. The number of hydrogen-bond acceptors (Lipinski definition) is 5. The summed E-state index contributed by atoms with van der Waals surface area (Å²) in [5.74, 6) is 1.96. The van der Waals surface area contributed by atoms with Gasteiger partial charge in [-0.15, -0.1) is 12.4 Å². The minimum Gasteiger partial charge on any atom is -0.339 e. The van der Waals surface area contributed by atoms with E-state index in [1.807, 2.05) is 18.7 Å². The quantitative estimate of drug-likeness (QED) is 0.914. The highest BCUT2D eigenvalue weighted by atomic mass is 35.5. The molecule has 1 N–H and O–H groups in total. The molecule has 1 aromatic heterocycles. The first-order valence-electron chi connectivity index (χ1n) is 8.43. The van der Waals surface area contributed by atoms with Crippen molar-refractivity contribution >= 4 is 18.3 Å². The summed E-state index contributed by atoms with van der Waals surface area (Å²) in [5.41, 5.74) is 0. The van der Waals surface area contributed by atoms with E-state index in [0.29, 0.717) is 17.8 Å². The summed E-state index contributed by atoms with van der Waals surface area (Å²) < 4.78 is 5.32. The van der Waals surface area contributed by atoms with Gasteiger partial charge in [0.05, 0.1) is 6.04 Å². The Morgan fingerprint density at radius 1 is 1.39 bits per heavy atom. The predicted octanol–water partition coefficient (Wildman–Crippen LogP) is 2.67. The number of amides is 1. The molecule has 0 aliphatic carbocycles. The number of hydrogen-bond donors (Lipinski definition) is 1. The van der Waals surface area contributed by atoms with Gasteiger partial charge in [-0.25, -0.2) is 0 Å². The second-order valence-electron chi connectivity index (χ2n) is 6.91. The normalized spacial score (nSPS) is 28.0. The topological polar surface area (TPSA) is 71.3 Å². The number of rotatable bonds is 3. The van der Waals surface area contributed by atoms with Crippen molar-refractivity contribution in [1.29, 1.82) is 0 Å². The molecule has 0 radical (unpaired) electrons. The molecule has 3 heterocycles. The SMILES string of the molecule is CC(C)c1nc(C2CCCN2C(=O)[C@H]2CCN[C@@H](C)C2)no1.Cl. The highest BCUT2D eigenvalue weighted by Gasteiger charge is 2.37. The van der Waals surface area contributed by atoms with Crippen molar-refractivity contribution in [2.24, 2.45) is 5.92 Å². The van der Waals surface area contributed by atoms with E-state index in [1.165, 1.54) is 0 Å². The minimum atomic E-state index is -0.00561. The Bertz CT molecular complexity index is 534. The average Bonchev–Trinajstić information content (AvgIpc) is 3.15. The van der Waals surface area contributed by atoms with E-state index in [9.17, 15) is 4.79 Å². The molecule has 3 atom stereocenters. The van der Waals surface area contributed by atoms with Crippen molar-refractivity contribution in [3.8, 4) is 0 Å². The molecule has 2 fully saturated rings. The summed E-state index contributed by atoms with van der Waals surface area (Å²) in [6.45, 7) is 7.95. The van der Waals surface area contributed by atoms with Crippen LogP contribution in [0.3, 0.4) is 0 Å². The van der Waals surface area contributed by atoms with Crippen LogP contribution in [0, 0.1) is 5.92 Å². The Kier molecular flexibility index (Phi) is 6.03. The molecule has 0 aromatic carbocycles. The van der Waals surface area contributed by atoms with Gasteiger partial charge in [0.25, 0.3) is 0 Å². The van der Waals surface area contributed by atoms with Crippen molar-refractivity contribution in [3.63, 3.8) is 0 Å². The van der Waals surface area contributed by atoms with Crippen LogP contribution in [-0.2, 0) is 4.79 Å². The molecule has 0 bridgehead atoms. The molecule has 1 aromatic rings. The van der Waals surface area contributed by atoms with Crippen molar-refractivity contribution in [1.82, 2.24) is 20.4 Å². The van der Waals surface area contributed by atoms with Crippen LogP contribution >= 0.6 is 12.4 Å². The first kappa shape index (κ1) is 18.2. The third-order valence-corrected chi connectivity index (χ3v) is 4.76. The van der Waals surface area contributed by atoms with Crippen molar-refractivity contribution in [2.75, 3.05) is 13.1 Å². The molecule has 130 valence electrons. The van der Waals surface area contributed by atoms with E-state index >= 15 is 0 Å². The number of carbonyl (C=O) groups excluding carboxylic acids is 1. The van der Waals surface area contributed by atoms with Crippen LogP contribution in [-0.4, -0.2) is 40.1 Å². The molecular formula is C16H27ClN4O2. The number of halogens is 1. The van der Waals surface area contributed by atoms with Crippen molar-refractivity contribution in [2.45, 2.75) is 64.5 Å². The number of aromatic nitrogens is 2. The van der Waals surface area contributed by atoms with E-state index in [1.54, 1.807) is 0 Å². The molecule has 23 heavy (non-hydrogen) atoms. The van der Waals surface area contributed by atoms with Gasteiger partial charge in [-0.1, -0.05) is 19.0 Å². The number of nitrogens with zero attached hydrogens (tertiary/aromatic N) is 3. The van der Waals surface area contributed by atoms with E-state index in [2.05, 4.69) is 22.4 Å². The maximum absolute atomic E-state index is 12.9. The third kappa shape index (κ3) is 3.86. The number of piperidine rings is 1. The molecular weight excluding hydrogens is 316 g/mol. The Morgan fingerprint density at radius 3 is 2.83 bits per heavy atom. The Labute approximate surface area is 143 Å². The van der Waals surface area contributed by atoms with Crippen LogP contribution in [0.2, 0.25) is 0 Å². The molecule has 2 aliphatic heterocycles. The van der Waals surface area contributed by atoms with Crippen molar-refractivity contribution < 1.29 is 9.32 Å². The fourth-order valence-corrected chi connectivity index (χ4v) is 3.51. The third-order valence-electron chi connectivity index (χ3n) is 4.76. The molecule has 7 heteroatoms. The summed E-state index contributed by atoms with van der Waals surface area (Å²) in [5, 5.41) is 7.53. The smallest absolute Gasteiger partial charge is 0.229 e. The van der Waals surface area contributed by atoms with Gasteiger partial charge in [0.2, 0.25) is 11.8 Å². The first-order chi connectivity index (χ1) is 10.6. The molecule has 1 amide bonds. The largest absolute Gasteiger partial charge is 0.339 e. The Balaban J connectivity index is 0.00000192. The van der Waals surface area contributed by atoms with Crippen LogP contribution in [0.5, 0.6) is 0 Å². The molecule has 2 saturated heterocycles. The zero-order valence-corrected chi connectivity index (χ0v) is 14.9. The molecule has 6 nitrogen and oxygen atoms in total. The van der Waals surface area contributed by atoms with Crippen LogP contribution in [0.1, 0.15) is 70.1 Å². The molecule has 0 saturated carbocycles. The maximum Gasteiger partial charge on any atom is 0.229 e. The summed E-state index contributed by atoms with van der Waals surface area (Å²) >= 11 is 0. The highest BCUT2D eigenvalue weighted by Crippen LogP contribution is 2.33. The predicted molar refractivity (Wildman–Crippen MR) is 89.5 cm³/mol. The van der Waals surface area contributed by atoms with Crippen LogP contribution in [0.4, 0.5) is 0 Å². The summed E-state index contributed by atoms with van der Waals surface area (Å²) in [6, 6.07) is 0.412. The molecule has 1 unspecified atom stereocenters. The lowest BCUT2D eigenvalue weighted by Crippen LogP contribution is -2.44. The zero-order valence-electron chi connectivity index (χ0n) is 14.1. The van der Waals surface area contributed by atoms with Gasteiger partial charge >= 0.3 is 0 Å². The standard InChI is InChI=1S/C16H26N4O2.ClH/c1-10(2)15-18-14(19-22-15)13-5-4-8-20(13)16(21)12-6-7-17-11(3)9-12;/h10-13,17H,4-9H2,1-3H3;1H/t11-,12-,13?;/m0./s1. The van der Waals surface area contributed by atoms with Gasteiger partial charge in [-0.2, -0.15) is 4.98 Å². The van der Waals surface area contributed by atoms with E-state index in [-0.39, 0.29) is 36.2 Å². The lowest BCUT2D eigenvalue weighted by Gasteiger charge is -2.32. The van der Waals surface area contributed by atoms with Crippen LogP contribution < -0.4 is 5.32 Å². The average molecular weight is 343 g/mol. The van der Waals surface area contributed by atoms with Crippen LogP contribution in [0.15, 0.2) is 4.52 Å². The molecule has 0 spiro atoms. The molecule has 3 rings (SSSR count). The number of nitrogens with one attached hydrogen (secondary N) is 1. The maximum atomic E-state index is 12.9. The summed E-state index contributed by atoms with van der Waals surface area (Å²) in [6.07, 6.45) is 3.80. The van der Waals surface area contributed by atoms with Gasteiger partial charge in [-0.05, 0) is 39.2 Å². The van der Waals surface area contributed by atoms with Gasteiger partial charge < -0.3 is 14.7 Å². The minimum absolute atomic E-state index is 0. The fourth-order valence-electron chi connectivity index (χ4n) is 3.51. The molecule has 2 aliphatic rings. The number of carbonyl (C=O) groups is 1. The van der Waals surface area contributed by atoms with Gasteiger partial charge in [0.1, 0.15) is 0 Å². The fraction of sp³-hybridized carbons (Fsp3) is 0.812. The lowest BCUT2D eigenvalue weighted by molar-refractivity contribution is -0.137. The van der Waals surface area contributed by atoms with Crippen molar-refractivity contribution in [3.05, 3.63) is 11.7 Å². The van der Waals surface area contributed by atoms with Gasteiger partial charge in [0, 0.05) is 24.4 Å².